The summed E-state index contributed by atoms with van der Waals surface area (Å²) in [4.78, 5) is 24.8. The second-order valence-electron chi connectivity index (χ2n) is 6.99. The molecule has 7 heteroatoms. The topological polar surface area (TPSA) is 70.7 Å². The molecule has 25 heavy (non-hydrogen) atoms. The highest BCUT2D eigenvalue weighted by molar-refractivity contribution is 5.89. The Morgan fingerprint density at radius 2 is 2.16 bits per heavy atom. The molecule has 6 nitrogen and oxygen atoms in total. The van der Waals surface area contributed by atoms with Crippen LogP contribution in [0.2, 0.25) is 0 Å². The van der Waals surface area contributed by atoms with Crippen molar-refractivity contribution in [1.82, 2.24) is 10.6 Å². The third-order valence-electron chi connectivity index (χ3n) is 5.47. The quantitative estimate of drug-likeness (QED) is 0.849. The van der Waals surface area contributed by atoms with E-state index in [4.69, 9.17) is 4.74 Å². The molecule has 0 radical (unpaired) electrons. The normalized spacial score (nSPS) is 30.2. The minimum absolute atomic E-state index is 0.0885. The molecule has 2 saturated heterocycles. The van der Waals surface area contributed by atoms with Crippen LogP contribution in [-0.4, -0.2) is 44.3 Å². The molecule has 1 aromatic carbocycles. The summed E-state index contributed by atoms with van der Waals surface area (Å²) >= 11 is 0. The predicted octanol–water partition coefficient (Wildman–Crippen LogP) is 1.61. The van der Waals surface area contributed by atoms with Gasteiger partial charge >= 0.3 is 6.09 Å². The monoisotopic (exact) mass is 347 g/mol. The Morgan fingerprint density at radius 1 is 1.40 bits per heavy atom. The smallest absolute Gasteiger partial charge is 0.414 e. The number of amides is 2. The van der Waals surface area contributed by atoms with Crippen molar-refractivity contribution in [3.63, 3.8) is 0 Å². The van der Waals surface area contributed by atoms with Gasteiger partial charge in [-0.25, -0.2) is 9.18 Å². The molecular weight excluding hydrogens is 325 g/mol. The van der Waals surface area contributed by atoms with Crippen molar-refractivity contribution < 1.29 is 18.7 Å². The Hall–Kier alpha value is -2.15. The first-order chi connectivity index (χ1) is 12.1. The number of fused-ring (bicyclic) bond motifs is 1. The maximum Gasteiger partial charge on any atom is 0.414 e. The number of rotatable bonds is 5. The number of hydrogen-bond acceptors (Lipinski definition) is 4. The maximum absolute atomic E-state index is 14.6. The average Bonchev–Trinajstić information content (AvgIpc) is 2.95. The SMILES string of the molecule is CCC(=O)NC[C@H]1CN(c2ccc([C@H]3[C@@H]4CNC[C@@H]43)c(F)c2)C(=O)O1. The summed E-state index contributed by atoms with van der Waals surface area (Å²) in [6.07, 6.45) is -0.537. The van der Waals surface area contributed by atoms with Crippen molar-refractivity contribution in [2.75, 3.05) is 31.1 Å². The lowest BCUT2D eigenvalue weighted by Crippen LogP contribution is -2.34. The highest BCUT2D eigenvalue weighted by Gasteiger charge is 2.54. The maximum atomic E-state index is 14.6. The van der Waals surface area contributed by atoms with Crippen molar-refractivity contribution in [3.05, 3.63) is 29.6 Å². The van der Waals surface area contributed by atoms with Gasteiger partial charge in [0, 0.05) is 6.42 Å². The van der Waals surface area contributed by atoms with Gasteiger partial charge in [-0.3, -0.25) is 9.69 Å². The van der Waals surface area contributed by atoms with Crippen LogP contribution in [-0.2, 0) is 9.53 Å². The molecule has 3 fully saturated rings. The van der Waals surface area contributed by atoms with Crippen LogP contribution in [0.15, 0.2) is 18.2 Å². The van der Waals surface area contributed by atoms with Crippen LogP contribution in [0, 0.1) is 17.7 Å². The number of anilines is 1. The van der Waals surface area contributed by atoms with E-state index >= 15 is 0 Å². The van der Waals surface area contributed by atoms with Gasteiger partial charge in [0.05, 0.1) is 18.8 Å². The van der Waals surface area contributed by atoms with Crippen LogP contribution in [0.5, 0.6) is 0 Å². The molecule has 1 aromatic rings. The number of nitrogens with zero attached hydrogens (tertiary/aromatic N) is 1. The predicted molar refractivity (Wildman–Crippen MR) is 89.9 cm³/mol. The number of piperidine rings is 1. The van der Waals surface area contributed by atoms with Crippen LogP contribution in [0.4, 0.5) is 14.9 Å². The number of hydrogen-bond donors (Lipinski definition) is 2. The Morgan fingerprint density at radius 3 is 2.84 bits per heavy atom. The second kappa shape index (κ2) is 6.29. The van der Waals surface area contributed by atoms with Gasteiger partial charge in [0.15, 0.2) is 0 Å². The van der Waals surface area contributed by atoms with E-state index in [1.54, 1.807) is 19.1 Å². The highest BCUT2D eigenvalue weighted by Crippen LogP contribution is 2.56. The molecule has 1 saturated carbocycles. The number of ether oxygens (including phenoxy) is 1. The molecule has 1 aliphatic carbocycles. The molecule has 2 aliphatic heterocycles. The number of cyclic esters (lactones) is 1. The molecule has 2 heterocycles. The fourth-order valence-corrected chi connectivity index (χ4v) is 4.03. The Balaban J connectivity index is 1.42. The minimum Gasteiger partial charge on any atom is -0.442 e. The average molecular weight is 347 g/mol. The van der Waals surface area contributed by atoms with Gasteiger partial charge in [-0.2, -0.15) is 0 Å². The lowest BCUT2D eigenvalue weighted by atomic mass is 10.1. The highest BCUT2D eigenvalue weighted by atomic mass is 19.1. The van der Waals surface area contributed by atoms with E-state index in [9.17, 15) is 14.0 Å². The van der Waals surface area contributed by atoms with Crippen molar-refractivity contribution in [2.24, 2.45) is 11.8 Å². The summed E-state index contributed by atoms with van der Waals surface area (Å²) in [5.41, 5.74) is 1.25. The molecule has 3 aliphatic rings. The number of carbonyl (C=O) groups excluding carboxylic acids is 2. The zero-order chi connectivity index (χ0) is 17.6. The summed E-state index contributed by atoms with van der Waals surface area (Å²) in [6, 6.07) is 5.01. The number of halogens is 1. The van der Waals surface area contributed by atoms with Gasteiger partial charge in [0.1, 0.15) is 11.9 Å². The van der Waals surface area contributed by atoms with Crippen LogP contribution >= 0.6 is 0 Å². The first-order valence-corrected chi connectivity index (χ1v) is 8.83. The third-order valence-corrected chi connectivity index (χ3v) is 5.47. The van der Waals surface area contributed by atoms with E-state index in [1.165, 1.54) is 11.0 Å². The molecule has 2 amide bonds. The van der Waals surface area contributed by atoms with Gasteiger partial charge in [-0.1, -0.05) is 13.0 Å². The standard InChI is InChI=1S/C18H22FN3O3/c1-2-16(23)21-6-11-9-22(18(24)25-11)10-3-4-12(15(19)5-10)17-13-7-20-8-14(13)17/h3-5,11,13-14,17,20H,2,6-9H2,1H3,(H,21,23)/t11-,13-,14+,17+/m0/s1. The molecule has 0 aromatic heterocycles. The van der Waals surface area contributed by atoms with Gasteiger partial charge < -0.3 is 15.4 Å². The summed E-state index contributed by atoms with van der Waals surface area (Å²) in [5.74, 6) is 1.05. The van der Waals surface area contributed by atoms with E-state index in [0.29, 0.717) is 36.4 Å². The fraction of sp³-hybridized carbons (Fsp3) is 0.556. The van der Waals surface area contributed by atoms with Crippen molar-refractivity contribution >= 4 is 17.7 Å². The van der Waals surface area contributed by atoms with Gasteiger partial charge in [0.25, 0.3) is 0 Å². The Labute approximate surface area is 145 Å². The van der Waals surface area contributed by atoms with Gasteiger partial charge in [0.2, 0.25) is 5.91 Å². The first kappa shape index (κ1) is 16.3. The first-order valence-electron chi connectivity index (χ1n) is 8.83. The minimum atomic E-state index is -0.504. The number of benzene rings is 1. The van der Waals surface area contributed by atoms with Gasteiger partial charge in [-0.15, -0.1) is 0 Å². The molecule has 0 spiro atoms. The number of carbonyl (C=O) groups is 2. The third kappa shape index (κ3) is 2.97. The van der Waals surface area contributed by atoms with Crippen molar-refractivity contribution in [2.45, 2.75) is 25.4 Å². The van der Waals surface area contributed by atoms with Gasteiger partial charge in [-0.05, 0) is 48.5 Å². The van der Waals surface area contributed by atoms with Crippen molar-refractivity contribution in [1.29, 1.82) is 0 Å². The molecule has 2 N–H and O–H groups in total. The van der Waals surface area contributed by atoms with E-state index in [1.807, 2.05) is 0 Å². The summed E-state index contributed by atoms with van der Waals surface area (Å²) < 4.78 is 19.8. The Kier molecular flexibility index (Phi) is 4.11. The van der Waals surface area contributed by atoms with Crippen LogP contribution in [0.1, 0.15) is 24.8 Å². The molecule has 0 bridgehead atoms. The molecule has 134 valence electrons. The molecule has 4 rings (SSSR count). The molecule has 0 unspecified atom stereocenters. The van der Waals surface area contributed by atoms with E-state index < -0.39 is 12.2 Å². The van der Waals surface area contributed by atoms with Crippen molar-refractivity contribution in [3.8, 4) is 0 Å². The molecular formula is C18H22FN3O3. The largest absolute Gasteiger partial charge is 0.442 e. The summed E-state index contributed by atoms with van der Waals surface area (Å²) in [5, 5.41) is 6.02. The lowest BCUT2D eigenvalue weighted by Gasteiger charge is -2.15. The lowest BCUT2D eigenvalue weighted by molar-refractivity contribution is -0.121. The second-order valence-corrected chi connectivity index (χ2v) is 6.99. The molecule has 4 atom stereocenters. The summed E-state index contributed by atoms with van der Waals surface area (Å²) in [7, 11) is 0. The number of nitrogens with one attached hydrogen (secondary N) is 2. The fourth-order valence-electron chi connectivity index (χ4n) is 4.03. The van der Waals surface area contributed by atoms with Crippen LogP contribution < -0.4 is 15.5 Å². The Bertz CT molecular complexity index is 701. The summed E-state index contributed by atoms with van der Waals surface area (Å²) in [6.45, 7) is 4.26. The van der Waals surface area contributed by atoms with Crippen LogP contribution in [0.3, 0.4) is 0 Å². The zero-order valence-corrected chi connectivity index (χ0v) is 14.1. The zero-order valence-electron chi connectivity index (χ0n) is 14.1. The van der Waals surface area contributed by atoms with E-state index in [-0.39, 0.29) is 18.3 Å². The van der Waals surface area contributed by atoms with Crippen LogP contribution in [0.25, 0.3) is 0 Å². The van der Waals surface area contributed by atoms with E-state index in [2.05, 4.69) is 10.6 Å². The van der Waals surface area contributed by atoms with E-state index in [0.717, 1.165) is 18.7 Å².